The Morgan fingerprint density at radius 3 is 2.04 bits per heavy atom. The Labute approximate surface area is 139 Å². The molecule has 0 saturated heterocycles. The van der Waals surface area contributed by atoms with Crippen LogP contribution in [0.1, 0.15) is 41.5 Å². The maximum Gasteiger partial charge on any atom is 0.0218 e. The first-order valence-electron chi connectivity index (χ1n) is 8.71. The second-order valence-electron chi connectivity index (χ2n) is 7.46. The minimum absolute atomic E-state index is 0.192. The number of nitrogens with zero attached hydrogens (tertiary/aromatic N) is 1. The van der Waals surface area contributed by atoms with E-state index in [4.69, 9.17) is 0 Å². The van der Waals surface area contributed by atoms with Gasteiger partial charge in [0, 0.05) is 12.0 Å². The molecule has 0 aromatic heterocycles. The van der Waals surface area contributed by atoms with E-state index in [-0.39, 0.29) is 5.41 Å². The minimum Gasteiger partial charge on any atom is -0.309 e. The second-order valence-corrected chi connectivity index (χ2v) is 7.46. The molecular weight excluding hydrogens is 278 g/mol. The van der Waals surface area contributed by atoms with E-state index in [2.05, 4.69) is 79.7 Å². The van der Waals surface area contributed by atoms with E-state index in [1.165, 1.54) is 48.1 Å². The third kappa shape index (κ3) is 2.44. The van der Waals surface area contributed by atoms with Gasteiger partial charge in [0.15, 0.2) is 0 Å². The Balaban J connectivity index is 1.87. The van der Waals surface area contributed by atoms with Crippen LogP contribution in [0.2, 0.25) is 0 Å². The second kappa shape index (κ2) is 5.65. The van der Waals surface area contributed by atoms with Crippen molar-refractivity contribution in [3.63, 3.8) is 0 Å². The predicted octanol–water partition coefficient (Wildman–Crippen LogP) is 4.82. The highest BCUT2D eigenvalue weighted by Crippen LogP contribution is 2.52. The summed E-state index contributed by atoms with van der Waals surface area (Å²) in [5.74, 6) is 0.782. The van der Waals surface area contributed by atoms with Crippen LogP contribution in [0.4, 0.5) is 0 Å². The van der Waals surface area contributed by atoms with Crippen LogP contribution in [0.5, 0.6) is 0 Å². The fraction of sp³-hybridized carbons (Fsp3) is 0.364. The lowest BCUT2D eigenvalue weighted by Gasteiger charge is -2.33. The molecule has 0 radical (unpaired) electrons. The van der Waals surface area contributed by atoms with Crippen LogP contribution in [-0.2, 0) is 5.41 Å². The fourth-order valence-electron chi connectivity index (χ4n) is 4.79. The largest absolute Gasteiger partial charge is 0.309 e. The van der Waals surface area contributed by atoms with Crippen molar-refractivity contribution in [3.05, 3.63) is 70.8 Å². The van der Waals surface area contributed by atoms with E-state index in [0.29, 0.717) is 0 Å². The van der Waals surface area contributed by atoms with Gasteiger partial charge in [0.1, 0.15) is 0 Å². The Kier molecular flexibility index (Phi) is 3.61. The number of hydrogen-bond donors (Lipinski definition) is 0. The lowest BCUT2D eigenvalue weighted by Crippen LogP contribution is -2.28. The van der Waals surface area contributed by atoms with Crippen LogP contribution in [-0.4, -0.2) is 25.5 Å². The van der Waals surface area contributed by atoms with Gasteiger partial charge in [-0.3, -0.25) is 0 Å². The first kappa shape index (κ1) is 14.7. The average Bonchev–Trinajstić information content (AvgIpc) is 2.91. The van der Waals surface area contributed by atoms with Crippen molar-refractivity contribution in [3.8, 4) is 0 Å². The molecule has 0 aliphatic heterocycles. The van der Waals surface area contributed by atoms with E-state index in [1.807, 2.05) is 0 Å². The summed E-state index contributed by atoms with van der Waals surface area (Å²) in [4.78, 5) is 2.34. The van der Waals surface area contributed by atoms with Gasteiger partial charge in [0.2, 0.25) is 0 Å². The van der Waals surface area contributed by atoms with Crippen molar-refractivity contribution in [2.45, 2.75) is 24.7 Å². The first-order valence-corrected chi connectivity index (χ1v) is 8.71. The molecule has 2 aromatic carbocycles. The number of benzene rings is 2. The van der Waals surface area contributed by atoms with Crippen LogP contribution < -0.4 is 0 Å². The van der Waals surface area contributed by atoms with Gasteiger partial charge < -0.3 is 4.90 Å². The molecule has 0 heterocycles. The molecular formula is C22H25N. The molecule has 2 aromatic rings. The SMILES string of the molecule is CN(C)CC1CCC2(C1)c1ccccc1C=Cc1ccccc12. The van der Waals surface area contributed by atoms with Gasteiger partial charge in [-0.15, -0.1) is 0 Å². The molecule has 4 rings (SSSR count). The van der Waals surface area contributed by atoms with E-state index in [1.54, 1.807) is 0 Å². The molecule has 0 amide bonds. The van der Waals surface area contributed by atoms with Gasteiger partial charge in [0.25, 0.3) is 0 Å². The standard InChI is InChI=1S/C22H25N/c1-23(2)16-17-13-14-22(15-17)20-9-5-3-7-18(20)11-12-19-8-4-6-10-21(19)22/h3-12,17H,13-16H2,1-2H3. The topological polar surface area (TPSA) is 3.24 Å². The molecule has 1 saturated carbocycles. The summed E-state index contributed by atoms with van der Waals surface area (Å²) in [5, 5.41) is 0. The van der Waals surface area contributed by atoms with Crippen molar-refractivity contribution in [1.82, 2.24) is 4.90 Å². The van der Waals surface area contributed by atoms with Gasteiger partial charge in [0.05, 0.1) is 0 Å². The molecule has 1 atom stereocenters. The maximum absolute atomic E-state index is 2.36. The summed E-state index contributed by atoms with van der Waals surface area (Å²) in [6, 6.07) is 18.0. The summed E-state index contributed by atoms with van der Waals surface area (Å²) < 4.78 is 0. The zero-order chi connectivity index (χ0) is 15.9. The molecule has 0 bridgehead atoms. The number of hydrogen-bond acceptors (Lipinski definition) is 1. The average molecular weight is 303 g/mol. The van der Waals surface area contributed by atoms with Crippen molar-refractivity contribution < 1.29 is 0 Å². The molecule has 1 spiro atoms. The van der Waals surface area contributed by atoms with E-state index in [9.17, 15) is 0 Å². The van der Waals surface area contributed by atoms with Crippen molar-refractivity contribution >= 4 is 12.2 Å². The molecule has 23 heavy (non-hydrogen) atoms. The van der Waals surface area contributed by atoms with Gasteiger partial charge in [-0.25, -0.2) is 0 Å². The van der Waals surface area contributed by atoms with E-state index < -0.39 is 0 Å². The number of fused-ring (bicyclic) bond motifs is 4. The highest BCUT2D eigenvalue weighted by Gasteiger charge is 2.44. The zero-order valence-electron chi connectivity index (χ0n) is 14.1. The minimum atomic E-state index is 0.192. The van der Waals surface area contributed by atoms with Crippen molar-refractivity contribution in [1.29, 1.82) is 0 Å². The Morgan fingerprint density at radius 2 is 1.48 bits per heavy atom. The van der Waals surface area contributed by atoms with Gasteiger partial charge in [-0.1, -0.05) is 60.7 Å². The molecule has 2 aliphatic rings. The Bertz CT molecular complexity index is 692. The predicted molar refractivity (Wildman–Crippen MR) is 98.5 cm³/mol. The third-order valence-corrected chi connectivity index (χ3v) is 5.64. The van der Waals surface area contributed by atoms with Gasteiger partial charge >= 0.3 is 0 Å². The molecule has 0 N–H and O–H groups in total. The van der Waals surface area contributed by atoms with Crippen LogP contribution in [0.15, 0.2) is 48.5 Å². The fourth-order valence-corrected chi connectivity index (χ4v) is 4.79. The highest BCUT2D eigenvalue weighted by atomic mass is 15.1. The van der Waals surface area contributed by atoms with E-state index in [0.717, 1.165) is 5.92 Å². The lowest BCUT2D eigenvalue weighted by molar-refractivity contribution is 0.320. The molecule has 1 nitrogen and oxygen atoms in total. The third-order valence-electron chi connectivity index (χ3n) is 5.64. The van der Waals surface area contributed by atoms with Crippen molar-refractivity contribution in [2.24, 2.45) is 5.92 Å². The summed E-state index contributed by atoms with van der Waals surface area (Å²) in [6.45, 7) is 1.19. The molecule has 1 heteroatoms. The molecule has 118 valence electrons. The summed E-state index contributed by atoms with van der Waals surface area (Å²) in [6.07, 6.45) is 8.47. The first-order chi connectivity index (χ1) is 11.2. The monoisotopic (exact) mass is 303 g/mol. The quantitative estimate of drug-likeness (QED) is 0.769. The Morgan fingerprint density at radius 1 is 0.913 bits per heavy atom. The Hall–Kier alpha value is -1.86. The number of rotatable bonds is 2. The normalized spacial score (nSPS) is 21.3. The lowest BCUT2D eigenvalue weighted by atomic mass is 9.70. The highest BCUT2D eigenvalue weighted by molar-refractivity contribution is 5.77. The summed E-state index contributed by atoms with van der Waals surface area (Å²) in [5.41, 5.74) is 6.05. The maximum atomic E-state index is 2.36. The summed E-state index contributed by atoms with van der Waals surface area (Å²) in [7, 11) is 4.39. The molecule has 1 unspecified atom stereocenters. The van der Waals surface area contributed by atoms with Crippen LogP contribution in [0.25, 0.3) is 12.2 Å². The zero-order valence-corrected chi connectivity index (χ0v) is 14.1. The summed E-state index contributed by atoms with van der Waals surface area (Å²) >= 11 is 0. The van der Waals surface area contributed by atoms with Gasteiger partial charge in [-0.2, -0.15) is 0 Å². The van der Waals surface area contributed by atoms with Crippen LogP contribution in [0.3, 0.4) is 0 Å². The van der Waals surface area contributed by atoms with Crippen LogP contribution in [0, 0.1) is 5.92 Å². The smallest absolute Gasteiger partial charge is 0.0218 e. The van der Waals surface area contributed by atoms with E-state index >= 15 is 0 Å². The molecule has 1 fully saturated rings. The van der Waals surface area contributed by atoms with Crippen molar-refractivity contribution in [2.75, 3.05) is 20.6 Å². The van der Waals surface area contributed by atoms with Gasteiger partial charge in [-0.05, 0) is 61.5 Å². The molecule has 2 aliphatic carbocycles. The van der Waals surface area contributed by atoms with Crippen LogP contribution >= 0.6 is 0 Å².